The Kier molecular flexibility index (Phi) is 7.91. The standard InChI is InChI=1S/C22H27BrN2O4S/c1-2-29-21-5-3-4-18(14-21)15-24-22(26)19-10-12-25(13-11-19)30(27,28)16-17-6-8-20(23)9-7-17/h3-9,14,19H,2,10-13,15-16H2,1H3,(H,24,26). The predicted octanol–water partition coefficient (Wildman–Crippen LogP) is 3.71. The summed E-state index contributed by atoms with van der Waals surface area (Å²) in [6.07, 6.45) is 1.06. The fourth-order valence-corrected chi connectivity index (χ4v) is 5.35. The van der Waals surface area contributed by atoms with Crippen LogP contribution in [-0.2, 0) is 27.1 Å². The van der Waals surface area contributed by atoms with Crippen molar-refractivity contribution in [1.82, 2.24) is 9.62 Å². The van der Waals surface area contributed by atoms with E-state index in [2.05, 4.69) is 21.2 Å². The molecule has 0 bridgehead atoms. The van der Waals surface area contributed by atoms with Crippen molar-refractivity contribution in [2.75, 3.05) is 19.7 Å². The van der Waals surface area contributed by atoms with Gasteiger partial charge in [0.1, 0.15) is 5.75 Å². The van der Waals surface area contributed by atoms with Crippen molar-refractivity contribution < 1.29 is 17.9 Å². The van der Waals surface area contributed by atoms with Crippen molar-refractivity contribution in [2.45, 2.75) is 32.1 Å². The largest absolute Gasteiger partial charge is 0.494 e. The maximum absolute atomic E-state index is 12.7. The van der Waals surface area contributed by atoms with Gasteiger partial charge in [0.25, 0.3) is 0 Å². The van der Waals surface area contributed by atoms with Gasteiger partial charge in [-0.05, 0) is 55.2 Å². The Hall–Kier alpha value is -1.90. The van der Waals surface area contributed by atoms with Crippen LogP contribution in [0.1, 0.15) is 30.9 Å². The lowest BCUT2D eigenvalue weighted by molar-refractivity contribution is -0.126. The monoisotopic (exact) mass is 494 g/mol. The number of piperidine rings is 1. The molecule has 6 nitrogen and oxygen atoms in total. The van der Waals surface area contributed by atoms with Crippen molar-refractivity contribution >= 4 is 31.9 Å². The molecule has 1 fully saturated rings. The SMILES string of the molecule is CCOc1cccc(CNC(=O)C2CCN(S(=O)(=O)Cc3ccc(Br)cc3)CC2)c1. The zero-order valence-electron chi connectivity index (χ0n) is 17.0. The number of amides is 1. The van der Waals surface area contributed by atoms with Gasteiger partial charge in [0.05, 0.1) is 12.4 Å². The van der Waals surface area contributed by atoms with Crippen molar-refractivity contribution in [3.8, 4) is 5.75 Å². The molecule has 162 valence electrons. The highest BCUT2D eigenvalue weighted by Gasteiger charge is 2.31. The van der Waals surface area contributed by atoms with E-state index in [-0.39, 0.29) is 17.6 Å². The number of rotatable bonds is 8. The van der Waals surface area contributed by atoms with Crippen molar-refractivity contribution in [3.63, 3.8) is 0 Å². The fourth-order valence-electron chi connectivity index (χ4n) is 3.52. The molecule has 2 aromatic rings. The molecule has 1 heterocycles. The van der Waals surface area contributed by atoms with Crippen LogP contribution in [0.15, 0.2) is 53.0 Å². The molecule has 1 aliphatic rings. The summed E-state index contributed by atoms with van der Waals surface area (Å²) in [5.74, 6) is 0.572. The topological polar surface area (TPSA) is 75.7 Å². The number of hydrogen-bond donors (Lipinski definition) is 1. The lowest BCUT2D eigenvalue weighted by Crippen LogP contribution is -2.43. The summed E-state index contributed by atoms with van der Waals surface area (Å²) < 4.78 is 33.3. The molecule has 0 unspecified atom stereocenters. The summed E-state index contributed by atoms with van der Waals surface area (Å²) in [4.78, 5) is 12.5. The van der Waals surface area contributed by atoms with E-state index in [1.165, 1.54) is 4.31 Å². The predicted molar refractivity (Wildman–Crippen MR) is 121 cm³/mol. The highest BCUT2D eigenvalue weighted by Crippen LogP contribution is 2.23. The van der Waals surface area contributed by atoms with Crippen molar-refractivity contribution in [1.29, 1.82) is 0 Å². The molecule has 8 heteroatoms. The summed E-state index contributed by atoms with van der Waals surface area (Å²) in [6, 6.07) is 14.9. The Labute approximate surface area is 186 Å². The second-order valence-electron chi connectivity index (χ2n) is 7.35. The molecule has 1 aliphatic heterocycles. The van der Waals surface area contributed by atoms with Gasteiger partial charge < -0.3 is 10.1 Å². The Morgan fingerprint density at radius 3 is 2.50 bits per heavy atom. The number of carbonyl (C=O) groups is 1. The van der Waals surface area contributed by atoms with Crippen LogP contribution in [0.2, 0.25) is 0 Å². The lowest BCUT2D eigenvalue weighted by atomic mass is 9.97. The van der Waals surface area contributed by atoms with Crippen LogP contribution < -0.4 is 10.1 Å². The summed E-state index contributed by atoms with van der Waals surface area (Å²) in [7, 11) is -3.39. The normalized spacial score (nSPS) is 15.7. The van der Waals surface area contributed by atoms with E-state index in [1.807, 2.05) is 55.5 Å². The van der Waals surface area contributed by atoms with E-state index < -0.39 is 10.0 Å². The maximum Gasteiger partial charge on any atom is 0.223 e. The van der Waals surface area contributed by atoms with Gasteiger partial charge in [-0.3, -0.25) is 4.79 Å². The Morgan fingerprint density at radius 2 is 1.83 bits per heavy atom. The van der Waals surface area contributed by atoms with E-state index in [0.717, 1.165) is 21.3 Å². The van der Waals surface area contributed by atoms with E-state index in [1.54, 1.807) is 0 Å². The van der Waals surface area contributed by atoms with Gasteiger partial charge in [0.15, 0.2) is 0 Å². The van der Waals surface area contributed by atoms with E-state index in [0.29, 0.717) is 39.1 Å². The summed E-state index contributed by atoms with van der Waals surface area (Å²) in [5.41, 5.74) is 1.73. The minimum atomic E-state index is -3.39. The van der Waals surface area contributed by atoms with Crippen LogP contribution in [0.25, 0.3) is 0 Å². The van der Waals surface area contributed by atoms with Crippen molar-refractivity contribution in [2.24, 2.45) is 5.92 Å². The van der Waals surface area contributed by atoms with Crippen LogP contribution in [0, 0.1) is 5.92 Å². The minimum absolute atomic E-state index is 0.0205. The number of hydrogen-bond acceptors (Lipinski definition) is 4. The number of halogens is 1. The van der Waals surface area contributed by atoms with E-state index >= 15 is 0 Å². The Morgan fingerprint density at radius 1 is 1.13 bits per heavy atom. The molecule has 0 atom stereocenters. The fraction of sp³-hybridized carbons (Fsp3) is 0.409. The average Bonchev–Trinajstić information content (AvgIpc) is 2.74. The molecule has 1 amide bonds. The highest BCUT2D eigenvalue weighted by molar-refractivity contribution is 9.10. The number of carbonyl (C=O) groups excluding carboxylic acids is 1. The summed E-state index contributed by atoms with van der Waals surface area (Å²) in [6.45, 7) is 3.70. The molecule has 30 heavy (non-hydrogen) atoms. The molecule has 1 N–H and O–H groups in total. The average molecular weight is 495 g/mol. The summed E-state index contributed by atoms with van der Waals surface area (Å²) in [5, 5.41) is 2.97. The van der Waals surface area contributed by atoms with Crippen LogP contribution in [0.5, 0.6) is 5.75 Å². The Balaban J connectivity index is 1.49. The lowest BCUT2D eigenvalue weighted by Gasteiger charge is -2.30. The molecular formula is C22H27BrN2O4S. The van der Waals surface area contributed by atoms with Gasteiger partial charge in [0, 0.05) is 30.0 Å². The first kappa shape index (κ1) is 22.8. The molecule has 2 aromatic carbocycles. The number of nitrogens with one attached hydrogen (secondary N) is 1. The van der Waals surface area contributed by atoms with E-state index in [9.17, 15) is 13.2 Å². The molecule has 0 aliphatic carbocycles. The quantitative estimate of drug-likeness (QED) is 0.606. The molecule has 1 saturated heterocycles. The summed E-state index contributed by atoms with van der Waals surface area (Å²) >= 11 is 3.36. The van der Waals surface area contributed by atoms with Gasteiger partial charge in [-0.2, -0.15) is 0 Å². The van der Waals surface area contributed by atoms with Gasteiger partial charge in [-0.1, -0.05) is 40.2 Å². The zero-order valence-corrected chi connectivity index (χ0v) is 19.4. The smallest absolute Gasteiger partial charge is 0.223 e. The molecule has 0 saturated carbocycles. The zero-order chi connectivity index (χ0) is 21.6. The molecule has 0 radical (unpaired) electrons. The van der Waals surface area contributed by atoms with Gasteiger partial charge in [-0.15, -0.1) is 0 Å². The molecule has 3 rings (SSSR count). The van der Waals surface area contributed by atoms with Crippen LogP contribution in [-0.4, -0.2) is 38.3 Å². The second-order valence-corrected chi connectivity index (χ2v) is 10.2. The number of ether oxygens (including phenoxy) is 1. The third-order valence-electron chi connectivity index (χ3n) is 5.16. The Bertz CT molecular complexity index is 955. The number of nitrogens with zero attached hydrogens (tertiary/aromatic N) is 1. The first-order valence-electron chi connectivity index (χ1n) is 10.1. The van der Waals surface area contributed by atoms with Crippen molar-refractivity contribution in [3.05, 3.63) is 64.1 Å². The molecule has 0 spiro atoms. The van der Waals surface area contributed by atoms with Gasteiger partial charge >= 0.3 is 0 Å². The van der Waals surface area contributed by atoms with Gasteiger partial charge in [0.2, 0.25) is 15.9 Å². The maximum atomic E-state index is 12.7. The highest BCUT2D eigenvalue weighted by atomic mass is 79.9. The second kappa shape index (κ2) is 10.4. The van der Waals surface area contributed by atoms with Crippen LogP contribution in [0.4, 0.5) is 0 Å². The third-order valence-corrected chi connectivity index (χ3v) is 7.54. The first-order chi connectivity index (χ1) is 14.4. The third kappa shape index (κ3) is 6.30. The first-order valence-corrected chi connectivity index (χ1v) is 12.5. The van der Waals surface area contributed by atoms with E-state index in [4.69, 9.17) is 4.74 Å². The van der Waals surface area contributed by atoms with Crippen LogP contribution in [0.3, 0.4) is 0 Å². The minimum Gasteiger partial charge on any atom is -0.494 e. The van der Waals surface area contributed by atoms with Crippen LogP contribution >= 0.6 is 15.9 Å². The number of sulfonamides is 1. The number of benzene rings is 2. The molecular weight excluding hydrogens is 468 g/mol. The van der Waals surface area contributed by atoms with Gasteiger partial charge in [-0.25, -0.2) is 12.7 Å². The molecule has 0 aromatic heterocycles.